The zero-order valence-electron chi connectivity index (χ0n) is 12.5. The van der Waals surface area contributed by atoms with Crippen LogP contribution in [0, 0.1) is 0 Å². The van der Waals surface area contributed by atoms with Crippen LogP contribution in [0.4, 0.5) is 0 Å². The molecule has 0 aromatic carbocycles. The molecule has 0 unspecified atom stereocenters. The highest BCUT2D eigenvalue weighted by Crippen LogP contribution is 2.36. The van der Waals surface area contributed by atoms with Gasteiger partial charge in [-0.3, -0.25) is 4.98 Å². The SMILES string of the molecule is CC(C)c1cc(B2OC(C)(C)C(C)(C)O2)ncc1Br. The molecule has 1 aromatic rings. The van der Waals surface area contributed by atoms with Crippen LogP contribution >= 0.6 is 15.9 Å². The van der Waals surface area contributed by atoms with Gasteiger partial charge in [-0.1, -0.05) is 13.8 Å². The molecule has 0 aliphatic carbocycles. The molecule has 3 nitrogen and oxygen atoms in total. The Bertz CT molecular complexity index is 472. The van der Waals surface area contributed by atoms with Crippen LogP contribution in [0.5, 0.6) is 0 Å². The molecule has 0 spiro atoms. The lowest BCUT2D eigenvalue weighted by Gasteiger charge is -2.32. The van der Waals surface area contributed by atoms with Gasteiger partial charge in [0, 0.05) is 10.7 Å². The number of rotatable bonds is 2. The molecule has 5 heteroatoms. The number of aromatic nitrogens is 1. The molecule has 2 rings (SSSR count). The van der Waals surface area contributed by atoms with E-state index in [0.29, 0.717) is 5.92 Å². The van der Waals surface area contributed by atoms with Gasteiger partial charge < -0.3 is 9.31 Å². The first-order valence-corrected chi connectivity index (χ1v) is 7.44. The normalized spacial score (nSPS) is 21.2. The van der Waals surface area contributed by atoms with Crippen molar-refractivity contribution < 1.29 is 9.31 Å². The summed E-state index contributed by atoms with van der Waals surface area (Å²) in [6, 6.07) is 2.07. The van der Waals surface area contributed by atoms with Crippen LogP contribution in [0.3, 0.4) is 0 Å². The fourth-order valence-corrected chi connectivity index (χ4v) is 2.68. The van der Waals surface area contributed by atoms with E-state index in [2.05, 4.69) is 68.5 Å². The molecular formula is C14H21BBrNO2. The van der Waals surface area contributed by atoms with Crippen molar-refractivity contribution in [2.45, 2.75) is 58.7 Å². The lowest BCUT2D eigenvalue weighted by molar-refractivity contribution is 0.00578. The highest BCUT2D eigenvalue weighted by molar-refractivity contribution is 9.10. The van der Waals surface area contributed by atoms with Crippen LogP contribution in [-0.2, 0) is 9.31 Å². The number of nitrogens with zero attached hydrogens (tertiary/aromatic N) is 1. The minimum Gasteiger partial charge on any atom is -0.398 e. The molecule has 0 saturated carbocycles. The Hall–Kier alpha value is -0.385. The topological polar surface area (TPSA) is 31.4 Å². The molecule has 1 aromatic heterocycles. The smallest absolute Gasteiger partial charge is 0.398 e. The molecule has 1 saturated heterocycles. The molecule has 0 N–H and O–H groups in total. The minimum absolute atomic E-state index is 0.329. The molecule has 1 fully saturated rings. The summed E-state index contributed by atoms with van der Waals surface area (Å²) >= 11 is 3.54. The first kappa shape index (κ1) is 15.0. The van der Waals surface area contributed by atoms with Gasteiger partial charge in [0.05, 0.1) is 16.8 Å². The third-order valence-corrected chi connectivity index (χ3v) is 4.69. The molecule has 0 radical (unpaired) electrons. The third kappa shape index (κ3) is 2.74. The highest BCUT2D eigenvalue weighted by Gasteiger charge is 2.52. The summed E-state index contributed by atoms with van der Waals surface area (Å²) < 4.78 is 13.1. The van der Waals surface area contributed by atoms with E-state index < -0.39 is 7.12 Å². The van der Waals surface area contributed by atoms with Crippen LogP contribution in [-0.4, -0.2) is 23.3 Å². The predicted octanol–water partition coefficient (Wildman–Crippen LogP) is 3.27. The molecule has 104 valence electrons. The Morgan fingerprint density at radius 3 is 2.16 bits per heavy atom. The van der Waals surface area contributed by atoms with E-state index >= 15 is 0 Å². The van der Waals surface area contributed by atoms with Crippen molar-refractivity contribution in [3.05, 3.63) is 22.3 Å². The van der Waals surface area contributed by atoms with E-state index in [9.17, 15) is 0 Å². The second-order valence-corrected chi connectivity index (χ2v) is 7.23. The predicted molar refractivity (Wildman–Crippen MR) is 81.7 cm³/mol. The summed E-state index contributed by atoms with van der Waals surface area (Å²) in [5.41, 5.74) is 1.40. The van der Waals surface area contributed by atoms with E-state index in [1.807, 2.05) is 6.20 Å². The average molecular weight is 326 g/mol. The molecule has 1 aliphatic rings. The quantitative estimate of drug-likeness (QED) is 0.782. The molecule has 19 heavy (non-hydrogen) atoms. The van der Waals surface area contributed by atoms with Crippen molar-refractivity contribution in [2.24, 2.45) is 0 Å². The minimum atomic E-state index is -0.393. The van der Waals surface area contributed by atoms with Crippen LogP contribution in [0.15, 0.2) is 16.7 Å². The fourth-order valence-electron chi connectivity index (χ4n) is 2.01. The van der Waals surface area contributed by atoms with Gasteiger partial charge in [-0.15, -0.1) is 0 Å². The van der Waals surface area contributed by atoms with Crippen molar-refractivity contribution in [1.29, 1.82) is 0 Å². The summed E-state index contributed by atoms with van der Waals surface area (Å²) in [6.45, 7) is 12.5. The van der Waals surface area contributed by atoms with Gasteiger partial charge in [0.1, 0.15) is 0 Å². The first-order valence-electron chi connectivity index (χ1n) is 6.65. The summed E-state index contributed by atoms with van der Waals surface area (Å²) in [5.74, 6) is 0.429. The van der Waals surface area contributed by atoms with E-state index in [4.69, 9.17) is 9.31 Å². The van der Waals surface area contributed by atoms with Crippen molar-refractivity contribution in [1.82, 2.24) is 4.98 Å². The Morgan fingerprint density at radius 1 is 1.16 bits per heavy atom. The number of hydrogen-bond donors (Lipinski definition) is 0. The van der Waals surface area contributed by atoms with Crippen molar-refractivity contribution in [2.75, 3.05) is 0 Å². The number of hydrogen-bond acceptors (Lipinski definition) is 3. The average Bonchev–Trinajstić information content (AvgIpc) is 2.48. The maximum Gasteiger partial charge on any atom is 0.514 e. The summed E-state index contributed by atoms with van der Waals surface area (Å²) in [6.07, 6.45) is 1.83. The lowest BCUT2D eigenvalue weighted by atomic mass is 9.82. The van der Waals surface area contributed by atoms with Gasteiger partial charge in [0.2, 0.25) is 0 Å². The van der Waals surface area contributed by atoms with Gasteiger partial charge >= 0.3 is 7.12 Å². The van der Waals surface area contributed by atoms with Gasteiger partial charge in [-0.2, -0.15) is 0 Å². The zero-order valence-corrected chi connectivity index (χ0v) is 14.0. The molecule has 0 bridgehead atoms. The van der Waals surface area contributed by atoms with Crippen LogP contribution in [0.2, 0.25) is 0 Å². The monoisotopic (exact) mass is 325 g/mol. The summed E-state index contributed by atoms with van der Waals surface area (Å²) in [4.78, 5) is 4.44. The van der Waals surface area contributed by atoms with Crippen molar-refractivity contribution >= 4 is 28.6 Å². The van der Waals surface area contributed by atoms with Crippen LogP contribution < -0.4 is 5.59 Å². The van der Waals surface area contributed by atoms with Crippen molar-refractivity contribution in [3.8, 4) is 0 Å². The highest BCUT2D eigenvalue weighted by atomic mass is 79.9. The number of halogens is 1. The second-order valence-electron chi connectivity index (χ2n) is 6.37. The molecule has 0 atom stereocenters. The summed E-state index contributed by atoms with van der Waals surface area (Å²) in [7, 11) is -0.393. The standard InChI is InChI=1S/C14H21BBrNO2/c1-9(2)10-7-12(17-8-11(10)16)15-18-13(3,4)14(5,6)19-15/h7-9H,1-6H3. The van der Waals surface area contributed by atoms with Gasteiger partial charge in [-0.05, 0) is 61.2 Å². The van der Waals surface area contributed by atoms with Gasteiger partial charge in [-0.25, -0.2) is 0 Å². The maximum absolute atomic E-state index is 6.02. The van der Waals surface area contributed by atoms with E-state index in [1.54, 1.807) is 0 Å². The van der Waals surface area contributed by atoms with Crippen LogP contribution in [0.25, 0.3) is 0 Å². The number of pyridine rings is 1. The Morgan fingerprint density at radius 2 is 1.68 bits per heavy atom. The Kier molecular flexibility index (Phi) is 3.84. The molecular weight excluding hydrogens is 305 g/mol. The summed E-state index contributed by atoms with van der Waals surface area (Å²) in [5, 5.41) is 0. The molecule has 1 aliphatic heterocycles. The van der Waals surface area contributed by atoms with E-state index in [1.165, 1.54) is 5.56 Å². The Labute approximate surface area is 124 Å². The van der Waals surface area contributed by atoms with Crippen LogP contribution in [0.1, 0.15) is 53.0 Å². The Balaban J connectivity index is 2.32. The van der Waals surface area contributed by atoms with Gasteiger partial charge in [0.25, 0.3) is 0 Å². The lowest BCUT2D eigenvalue weighted by Crippen LogP contribution is -2.41. The zero-order chi connectivity index (χ0) is 14.4. The first-order chi connectivity index (χ1) is 8.64. The van der Waals surface area contributed by atoms with E-state index in [0.717, 1.165) is 10.1 Å². The fraction of sp³-hybridized carbons (Fsp3) is 0.643. The second kappa shape index (κ2) is 4.87. The molecule has 2 heterocycles. The van der Waals surface area contributed by atoms with E-state index in [-0.39, 0.29) is 11.2 Å². The largest absolute Gasteiger partial charge is 0.514 e. The van der Waals surface area contributed by atoms with Crippen molar-refractivity contribution in [3.63, 3.8) is 0 Å². The maximum atomic E-state index is 6.02. The third-order valence-electron chi connectivity index (χ3n) is 4.02. The van der Waals surface area contributed by atoms with Gasteiger partial charge in [0.15, 0.2) is 0 Å². The molecule has 0 amide bonds.